The van der Waals surface area contributed by atoms with Crippen LogP contribution in [0.4, 0.5) is 5.82 Å². The highest BCUT2D eigenvalue weighted by Gasteiger charge is 2.31. The Hall–Kier alpha value is -2.07. The van der Waals surface area contributed by atoms with E-state index in [1.807, 2.05) is 24.3 Å². The number of nitrogens with zero attached hydrogens (tertiary/aromatic N) is 2. The van der Waals surface area contributed by atoms with E-state index in [1.165, 1.54) is 24.0 Å². The molecule has 1 aliphatic rings. The van der Waals surface area contributed by atoms with Crippen LogP contribution in [0.1, 0.15) is 19.8 Å². The van der Waals surface area contributed by atoms with Crippen LogP contribution in [-0.2, 0) is 6.67 Å². The first-order chi connectivity index (χ1) is 13.2. The Kier molecular flexibility index (Phi) is 5.35. The Bertz CT molecular complexity index is 937. The number of hydrogen-bond donors (Lipinski definition) is 1. The van der Waals surface area contributed by atoms with E-state index in [4.69, 9.17) is 23.2 Å². The zero-order valence-electron chi connectivity index (χ0n) is 15.3. The molecule has 2 aromatic carbocycles. The molecule has 3 nitrogen and oxygen atoms in total. The normalized spacial score (nSPS) is 13.4. The van der Waals surface area contributed by atoms with E-state index < -0.39 is 0 Å². The Labute approximate surface area is 170 Å². The fourth-order valence-corrected chi connectivity index (χ4v) is 3.71. The second-order valence-electron chi connectivity index (χ2n) is 6.81. The molecule has 1 aromatic heterocycles. The third-order valence-corrected chi connectivity index (χ3v) is 5.38. The highest BCUT2D eigenvalue weighted by atomic mass is 35.5. The molecule has 0 unspecified atom stereocenters. The number of hydrazine groups is 1. The molecule has 1 aliphatic heterocycles. The van der Waals surface area contributed by atoms with Crippen LogP contribution in [0.15, 0.2) is 60.8 Å². The molecule has 0 radical (unpaired) electrons. The number of aromatic nitrogens is 1. The minimum absolute atomic E-state index is 0.740. The van der Waals surface area contributed by atoms with Gasteiger partial charge in [-0.3, -0.25) is 0 Å². The zero-order chi connectivity index (χ0) is 18.8. The molecular weight excluding hydrogens is 377 g/mol. The van der Waals surface area contributed by atoms with Crippen molar-refractivity contribution in [2.24, 2.45) is 0 Å². The smallest absolute Gasteiger partial charge is 0.216 e. The third-order valence-electron chi connectivity index (χ3n) is 4.87. The van der Waals surface area contributed by atoms with Gasteiger partial charge in [-0.2, -0.15) is 5.43 Å². The Morgan fingerprint density at radius 3 is 2.19 bits per heavy atom. The van der Waals surface area contributed by atoms with Gasteiger partial charge in [0.15, 0.2) is 6.67 Å². The summed E-state index contributed by atoms with van der Waals surface area (Å²) in [5.74, 6) is 1.11. The second-order valence-corrected chi connectivity index (χ2v) is 7.68. The predicted molar refractivity (Wildman–Crippen MR) is 113 cm³/mol. The van der Waals surface area contributed by atoms with Crippen LogP contribution < -0.4 is 9.99 Å². The number of hydrogen-bond acceptors (Lipinski definition) is 2. The minimum Gasteiger partial charge on any atom is -0.216 e. The van der Waals surface area contributed by atoms with Gasteiger partial charge < -0.3 is 0 Å². The lowest BCUT2D eigenvalue weighted by atomic mass is 9.95. The molecule has 0 fully saturated rings. The van der Waals surface area contributed by atoms with E-state index in [-0.39, 0.29) is 0 Å². The van der Waals surface area contributed by atoms with Crippen molar-refractivity contribution in [2.75, 3.05) is 12.0 Å². The first-order valence-corrected chi connectivity index (χ1v) is 10.0. The summed E-state index contributed by atoms with van der Waals surface area (Å²) in [4.78, 5) is 0. The van der Waals surface area contributed by atoms with E-state index in [0.717, 1.165) is 40.2 Å². The number of pyridine rings is 1. The van der Waals surface area contributed by atoms with Crippen LogP contribution >= 0.6 is 23.2 Å². The number of rotatable bonds is 5. The maximum Gasteiger partial charge on any atom is 0.302 e. The molecule has 0 amide bonds. The van der Waals surface area contributed by atoms with Crippen molar-refractivity contribution in [2.45, 2.75) is 26.4 Å². The summed E-state index contributed by atoms with van der Waals surface area (Å²) in [6.45, 7) is 4.08. The largest absolute Gasteiger partial charge is 0.302 e. The molecule has 2 heterocycles. The van der Waals surface area contributed by atoms with Gasteiger partial charge in [-0.1, -0.05) is 60.8 Å². The summed E-state index contributed by atoms with van der Waals surface area (Å²) in [7, 11) is 0. The molecule has 0 saturated heterocycles. The van der Waals surface area contributed by atoms with Crippen molar-refractivity contribution in [3.8, 4) is 22.3 Å². The molecule has 1 N–H and O–H groups in total. The summed E-state index contributed by atoms with van der Waals surface area (Å²) in [6.07, 6.45) is 4.50. The van der Waals surface area contributed by atoms with E-state index in [0.29, 0.717) is 0 Å². The molecule has 138 valence electrons. The summed E-state index contributed by atoms with van der Waals surface area (Å²) in [6, 6.07) is 18.2. The molecule has 0 saturated carbocycles. The average molecular weight is 399 g/mol. The molecule has 27 heavy (non-hydrogen) atoms. The topological polar surface area (TPSA) is 19.1 Å². The standard InChI is InChI=1S/C22H21Cl2N3/c1-2-3-13-27-15-26-14-12-20(16-4-8-18(23)9-5-16)21(22(26)25-27)17-6-10-19(24)11-7-17/h4-12,14H,2-3,13,15H2,1H3/p+1. The van der Waals surface area contributed by atoms with Gasteiger partial charge in [0.1, 0.15) is 0 Å². The molecule has 3 aromatic rings. The van der Waals surface area contributed by atoms with Crippen LogP contribution in [0.5, 0.6) is 0 Å². The Morgan fingerprint density at radius 2 is 1.56 bits per heavy atom. The molecule has 0 bridgehead atoms. The number of benzene rings is 2. The fraction of sp³-hybridized carbons (Fsp3) is 0.227. The van der Waals surface area contributed by atoms with Crippen molar-refractivity contribution in [1.82, 2.24) is 5.01 Å². The van der Waals surface area contributed by atoms with Crippen LogP contribution in [0, 0.1) is 0 Å². The van der Waals surface area contributed by atoms with E-state index in [2.05, 4.69) is 58.5 Å². The molecule has 0 aliphatic carbocycles. The lowest BCUT2D eigenvalue weighted by Gasteiger charge is -2.12. The van der Waals surface area contributed by atoms with Crippen molar-refractivity contribution in [3.05, 3.63) is 70.8 Å². The van der Waals surface area contributed by atoms with Gasteiger partial charge in [0.05, 0.1) is 11.8 Å². The molecule has 5 heteroatoms. The first-order valence-electron chi connectivity index (χ1n) is 9.25. The van der Waals surface area contributed by atoms with Gasteiger partial charge in [-0.25, -0.2) is 4.57 Å². The minimum atomic E-state index is 0.740. The summed E-state index contributed by atoms with van der Waals surface area (Å²) in [5, 5.41) is 3.75. The van der Waals surface area contributed by atoms with Crippen LogP contribution in [0.2, 0.25) is 10.0 Å². The monoisotopic (exact) mass is 398 g/mol. The highest BCUT2D eigenvalue weighted by Crippen LogP contribution is 2.38. The van der Waals surface area contributed by atoms with Crippen LogP contribution in [0.25, 0.3) is 22.3 Å². The second kappa shape index (κ2) is 7.89. The lowest BCUT2D eigenvalue weighted by molar-refractivity contribution is -0.685. The van der Waals surface area contributed by atoms with Gasteiger partial charge in [0, 0.05) is 22.2 Å². The molecule has 0 spiro atoms. The SMILES string of the molecule is CCCCN1C[n+]2ccc(-c3ccc(Cl)cc3)c(-c3ccc(Cl)cc3)c2N1. The fourth-order valence-electron chi connectivity index (χ4n) is 3.45. The van der Waals surface area contributed by atoms with Crippen molar-refractivity contribution in [3.63, 3.8) is 0 Å². The van der Waals surface area contributed by atoms with Crippen molar-refractivity contribution >= 4 is 29.0 Å². The Balaban J connectivity index is 1.83. The summed E-state index contributed by atoms with van der Waals surface area (Å²) in [5.41, 5.74) is 8.24. The van der Waals surface area contributed by atoms with Gasteiger partial charge in [-0.05, 0) is 47.9 Å². The van der Waals surface area contributed by atoms with Gasteiger partial charge >= 0.3 is 5.82 Å². The maximum atomic E-state index is 6.13. The lowest BCUT2D eigenvalue weighted by Crippen LogP contribution is -2.35. The predicted octanol–water partition coefficient (Wildman–Crippen LogP) is 6.02. The van der Waals surface area contributed by atoms with E-state index in [9.17, 15) is 0 Å². The number of unbranched alkanes of at least 4 members (excludes halogenated alkanes) is 1. The molecular formula is C22H22Cl2N3+. The zero-order valence-corrected chi connectivity index (χ0v) is 16.8. The third kappa shape index (κ3) is 3.81. The average Bonchev–Trinajstić information content (AvgIpc) is 3.10. The molecule has 4 rings (SSSR count). The quantitative estimate of drug-likeness (QED) is 0.530. The number of anilines is 1. The highest BCUT2D eigenvalue weighted by molar-refractivity contribution is 6.31. The number of halogens is 2. The summed E-state index contributed by atoms with van der Waals surface area (Å²) < 4.78 is 2.26. The van der Waals surface area contributed by atoms with E-state index >= 15 is 0 Å². The van der Waals surface area contributed by atoms with E-state index in [1.54, 1.807) is 0 Å². The summed E-state index contributed by atoms with van der Waals surface area (Å²) >= 11 is 12.2. The van der Waals surface area contributed by atoms with Crippen LogP contribution in [-0.4, -0.2) is 11.6 Å². The number of nitrogens with one attached hydrogen (secondary N) is 1. The van der Waals surface area contributed by atoms with Gasteiger partial charge in [0.2, 0.25) is 0 Å². The van der Waals surface area contributed by atoms with Gasteiger partial charge in [0.25, 0.3) is 0 Å². The van der Waals surface area contributed by atoms with Crippen molar-refractivity contribution in [1.29, 1.82) is 0 Å². The first kappa shape index (κ1) is 18.3. The number of fused-ring (bicyclic) bond motifs is 1. The Morgan fingerprint density at radius 1 is 0.926 bits per heavy atom. The molecule has 0 atom stereocenters. The maximum absolute atomic E-state index is 6.13. The van der Waals surface area contributed by atoms with Crippen LogP contribution in [0.3, 0.4) is 0 Å². The van der Waals surface area contributed by atoms with Gasteiger partial charge in [-0.15, -0.1) is 5.01 Å². The van der Waals surface area contributed by atoms with Crippen molar-refractivity contribution < 1.29 is 4.57 Å².